The largest absolute Gasteiger partial charge is 0.363 e. The molecule has 3 aromatic rings. The van der Waals surface area contributed by atoms with E-state index in [0.29, 0.717) is 12.4 Å². The van der Waals surface area contributed by atoms with Crippen molar-refractivity contribution in [2.45, 2.75) is 32.9 Å². The van der Waals surface area contributed by atoms with E-state index in [9.17, 15) is 0 Å². The quantitative estimate of drug-likeness (QED) is 0.727. The van der Waals surface area contributed by atoms with Crippen LogP contribution in [0.2, 0.25) is 0 Å². The summed E-state index contributed by atoms with van der Waals surface area (Å²) in [4.78, 5) is 13.7. The molecular formula is C17H19N7S. The topological polar surface area (TPSA) is 88.5 Å². The highest BCUT2D eigenvalue weighted by Gasteiger charge is 2.18. The Hall–Kier alpha value is -2.45. The maximum Gasteiger partial charge on any atom is 0.163 e. The third-order valence-electron chi connectivity index (χ3n) is 4.07. The molecule has 4 rings (SSSR count). The molecule has 0 atom stereocenters. The van der Waals surface area contributed by atoms with Crippen LogP contribution in [0.15, 0.2) is 24.5 Å². The SMILES string of the molecule is CCc1nnc(CNc2nc(-c3cccnc3)nc3c2CCNC3)s1. The van der Waals surface area contributed by atoms with Crippen molar-refractivity contribution in [1.29, 1.82) is 0 Å². The number of aryl methyl sites for hydroxylation is 1. The van der Waals surface area contributed by atoms with Gasteiger partial charge in [0.1, 0.15) is 15.8 Å². The number of fused-ring (bicyclic) bond motifs is 1. The first kappa shape index (κ1) is 16.0. The summed E-state index contributed by atoms with van der Waals surface area (Å²) in [6.07, 6.45) is 5.38. The van der Waals surface area contributed by atoms with Gasteiger partial charge in [-0.2, -0.15) is 0 Å². The van der Waals surface area contributed by atoms with Crippen LogP contribution in [0.5, 0.6) is 0 Å². The van der Waals surface area contributed by atoms with Gasteiger partial charge < -0.3 is 10.6 Å². The molecule has 0 amide bonds. The van der Waals surface area contributed by atoms with Gasteiger partial charge in [-0.25, -0.2) is 9.97 Å². The highest BCUT2D eigenvalue weighted by atomic mass is 32.1. The molecule has 0 saturated carbocycles. The van der Waals surface area contributed by atoms with Crippen molar-refractivity contribution < 1.29 is 0 Å². The Balaban J connectivity index is 1.65. The Morgan fingerprint density at radius 3 is 2.96 bits per heavy atom. The highest BCUT2D eigenvalue weighted by Crippen LogP contribution is 2.25. The van der Waals surface area contributed by atoms with Gasteiger partial charge in [0.2, 0.25) is 0 Å². The van der Waals surface area contributed by atoms with Gasteiger partial charge in [-0.1, -0.05) is 18.3 Å². The Bertz CT molecular complexity index is 863. The van der Waals surface area contributed by atoms with E-state index in [2.05, 4.69) is 32.7 Å². The summed E-state index contributed by atoms with van der Waals surface area (Å²) < 4.78 is 0. The van der Waals surface area contributed by atoms with Crippen LogP contribution in [0.3, 0.4) is 0 Å². The van der Waals surface area contributed by atoms with Crippen molar-refractivity contribution in [1.82, 2.24) is 30.5 Å². The molecule has 0 unspecified atom stereocenters. The minimum absolute atomic E-state index is 0.626. The minimum atomic E-state index is 0.626. The second-order valence-electron chi connectivity index (χ2n) is 5.79. The summed E-state index contributed by atoms with van der Waals surface area (Å²) in [7, 11) is 0. The zero-order chi connectivity index (χ0) is 17.1. The molecule has 0 bridgehead atoms. The number of anilines is 1. The standard InChI is InChI=1S/C17H19N7S/c1-2-14-23-24-15(25-14)10-20-17-12-5-7-19-9-13(12)21-16(22-17)11-4-3-6-18-8-11/h3-4,6,8,19H,2,5,7,9-10H2,1H3,(H,20,21,22). The summed E-state index contributed by atoms with van der Waals surface area (Å²) >= 11 is 1.64. The van der Waals surface area contributed by atoms with E-state index in [1.165, 1.54) is 5.56 Å². The molecule has 0 saturated heterocycles. The van der Waals surface area contributed by atoms with Crippen LogP contribution in [0.25, 0.3) is 11.4 Å². The maximum absolute atomic E-state index is 4.76. The van der Waals surface area contributed by atoms with Crippen molar-refractivity contribution in [2.75, 3.05) is 11.9 Å². The van der Waals surface area contributed by atoms with Gasteiger partial charge in [0, 0.05) is 30.1 Å². The van der Waals surface area contributed by atoms with Crippen molar-refractivity contribution in [3.63, 3.8) is 0 Å². The summed E-state index contributed by atoms with van der Waals surface area (Å²) in [5.74, 6) is 1.59. The van der Waals surface area contributed by atoms with Gasteiger partial charge in [0.05, 0.1) is 12.2 Å². The molecule has 1 aliphatic rings. The van der Waals surface area contributed by atoms with Crippen LogP contribution in [0, 0.1) is 0 Å². The van der Waals surface area contributed by atoms with Crippen LogP contribution in [0.1, 0.15) is 28.2 Å². The molecule has 2 N–H and O–H groups in total. The average Bonchev–Trinajstić information content (AvgIpc) is 3.15. The molecule has 0 aliphatic carbocycles. The lowest BCUT2D eigenvalue weighted by atomic mass is 10.1. The number of rotatable bonds is 5. The van der Waals surface area contributed by atoms with Gasteiger partial charge in [-0.05, 0) is 31.5 Å². The van der Waals surface area contributed by atoms with Crippen molar-refractivity contribution in [3.8, 4) is 11.4 Å². The summed E-state index contributed by atoms with van der Waals surface area (Å²) in [5.41, 5.74) is 3.16. The second-order valence-corrected chi connectivity index (χ2v) is 6.93. The van der Waals surface area contributed by atoms with Crippen molar-refractivity contribution in [3.05, 3.63) is 45.8 Å². The number of pyridine rings is 1. The first-order valence-corrected chi connectivity index (χ1v) is 9.21. The molecule has 0 radical (unpaired) electrons. The zero-order valence-corrected chi connectivity index (χ0v) is 14.8. The van der Waals surface area contributed by atoms with E-state index in [0.717, 1.165) is 53.0 Å². The number of hydrogen-bond donors (Lipinski definition) is 2. The average molecular weight is 353 g/mol. The normalized spacial score (nSPS) is 13.5. The monoisotopic (exact) mass is 353 g/mol. The van der Waals surface area contributed by atoms with Crippen molar-refractivity contribution >= 4 is 17.2 Å². The Labute approximate surface area is 150 Å². The van der Waals surface area contributed by atoms with Gasteiger partial charge in [0.15, 0.2) is 5.82 Å². The fourth-order valence-electron chi connectivity index (χ4n) is 2.79. The zero-order valence-electron chi connectivity index (χ0n) is 14.0. The molecule has 1 aliphatic heterocycles. The fourth-order valence-corrected chi connectivity index (χ4v) is 3.52. The van der Waals surface area contributed by atoms with E-state index in [4.69, 9.17) is 9.97 Å². The van der Waals surface area contributed by atoms with E-state index in [-0.39, 0.29) is 0 Å². The van der Waals surface area contributed by atoms with Crippen LogP contribution in [0.4, 0.5) is 5.82 Å². The van der Waals surface area contributed by atoms with Gasteiger partial charge >= 0.3 is 0 Å². The van der Waals surface area contributed by atoms with Gasteiger partial charge in [-0.15, -0.1) is 10.2 Å². The van der Waals surface area contributed by atoms with Crippen LogP contribution in [-0.4, -0.2) is 31.7 Å². The number of hydrogen-bond acceptors (Lipinski definition) is 8. The smallest absolute Gasteiger partial charge is 0.163 e. The number of nitrogens with zero attached hydrogens (tertiary/aromatic N) is 5. The lowest BCUT2D eigenvalue weighted by Crippen LogP contribution is -2.26. The van der Waals surface area contributed by atoms with Crippen LogP contribution < -0.4 is 10.6 Å². The fraction of sp³-hybridized carbons (Fsp3) is 0.353. The Kier molecular flexibility index (Phi) is 4.62. The highest BCUT2D eigenvalue weighted by molar-refractivity contribution is 7.11. The molecule has 3 aromatic heterocycles. The maximum atomic E-state index is 4.76. The first-order valence-electron chi connectivity index (χ1n) is 8.39. The predicted molar refractivity (Wildman–Crippen MR) is 97.3 cm³/mol. The molecule has 4 heterocycles. The summed E-state index contributed by atoms with van der Waals surface area (Å²) in [6.45, 7) is 4.42. The first-order chi connectivity index (χ1) is 12.3. The van der Waals surface area contributed by atoms with Crippen LogP contribution in [-0.2, 0) is 25.9 Å². The van der Waals surface area contributed by atoms with Gasteiger partial charge in [0.25, 0.3) is 0 Å². The molecule has 128 valence electrons. The number of nitrogens with one attached hydrogen (secondary N) is 2. The molecular weight excluding hydrogens is 334 g/mol. The second kappa shape index (κ2) is 7.20. The Morgan fingerprint density at radius 1 is 1.24 bits per heavy atom. The Morgan fingerprint density at radius 2 is 2.16 bits per heavy atom. The number of aromatic nitrogens is 5. The van der Waals surface area contributed by atoms with E-state index in [1.807, 2.05) is 12.1 Å². The molecule has 8 heteroatoms. The van der Waals surface area contributed by atoms with Gasteiger partial charge in [-0.3, -0.25) is 4.98 Å². The summed E-state index contributed by atoms with van der Waals surface area (Å²) in [6, 6.07) is 3.88. The van der Waals surface area contributed by atoms with Crippen LogP contribution >= 0.6 is 11.3 Å². The molecule has 0 spiro atoms. The summed E-state index contributed by atoms with van der Waals surface area (Å²) in [5, 5.41) is 17.3. The van der Waals surface area contributed by atoms with E-state index < -0.39 is 0 Å². The lowest BCUT2D eigenvalue weighted by Gasteiger charge is -2.20. The molecule has 0 fully saturated rings. The molecule has 7 nitrogen and oxygen atoms in total. The molecule has 0 aromatic carbocycles. The third-order valence-corrected chi connectivity index (χ3v) is 5.14. The van der Waals surface area contributed by atoms with E-state index >= 15 is 0 Å². The lowest BCUT2D eigenvalue weighted by molar-refractivity contribution is 0.625. The minimum Gasteiger partial charge on any atom is -0.363 e. The van der Waals surface area contributed by atoms with E-state index in [1.54, 1.807) is 23.7 Å². The third kappa shape index (κ3) is 3.49. The predicted octanol–water partition coefficient (Wildman–Crippen LogP) is 2.21. The molecule has 25 heavy (non-hydrogen) atoms. The van der Waals surface area contributed by atoms with Crippen molar-refractivity contribution in [2.24, 2.45) is 0 Å².